The van der Waals surface area contributed by atoms with Crippen LogP contribution in [-0.4, -0.2) is 22.7 Å². The number of nitrogens with one attached hydrogen (secondary N) is 1. The Morgan fingerprint density at radius 2 is 2.26 bits per heavy atom. The molecule has 6 heteroatoms. The molecular weight excluding hydrogens is 294 g/mol. The van der Waals surface area contributed by atoms with Crippen LogP contribution >= 0.6 is 0 Å². The Kier molecular flexibility index (Phi) is 4.50. The molecule has 2 aromatic rings. The van der Waals surface area contributed by atoms with Crippen molar-refractivity contribution in [3.63, 3.8) is 0 Å². The van der Waals surface area contributed by atoms with Crippen molar-refractivity contribution in [2.75, 3.05) is 6.79 Å². The predicted octanol–water partition coefficient (Wildman–Crippen LogP) is 2.95. The van der Waals surface area contributed by atoms with E-state index in [1.54, 1.807) is 12.4 Å². The number of rotatable bonds is 7. The van der Waals surface area contributed by atoms with Crippen molar-refractivity contribution < 1.29 is 14.3 Å². The smallest absolute Gasteiger partial charge is 0.231 e. The monoisotopic (exact) mass is 315 g/mol. The Labute approximate surface area is 135 Å². The maximum atomic E-state index is 12.0. The summed E-state index contributed by atoms with van der Waals surface area (Å²) in [5.41, 5.74) is 7.30. The second-order valence-electron chi connectivity index (χ2n) is 5.69. The zero-order valence-electron chi connectivity index (χ0n) is 13.2. The molecule has 0 spiro atoms. The Morgan fingerprint density at radius 1 is 1.39 bits per heavy atom. The van der Waals surface area contributed by atoms with Gasteiger partial charge in [0.15, 0.2) is 11.5 Å². The van der Waals surface area contributed by atoms with E-state index < -0.39 is 0 Å². The van der Waals surface area contributed by atoms with Crippen LogP contribution in [0.3, 0.4) is 0 Å². The molecule has 2 heterocycles. The molecule has 122 valence electrons. The van der Waals surface area contributed by atoms with E-state index in [0.29, 0.717) is 17.9 Å². The number of primary amides is 1. The lowest BCUT2D eigenvalue weighted by molar-refractivity contribution is -0.119. The van der Waals surface area contributed by atoms with Crippen LogP contribution in [0.25, 0.3) is 11.4 Å². The van der Waals surface area contributed by atoms with Gasteiger partial charge in [-0.1, -0.05) is 26.2 Å². The molecule has 0 aliphatic carbocycles. The summed E-state index contributed by atoms with van der Waals surface area (Å²) in [5, 5.41) is 0. The fourth-order valence-electron chi connectivity index (χ4n) is 2.91. The zero-order valence-corrected chi connectivity index (χ0v) is 13.2. The van der Waals surface area contributed by atoms with Gasteiger partial charge in [0.05, 0.1) is 5.92 Å². The number of carbonyl (C=O) groups is 1. The van der Waals surface area contributed by atoms with Crippen molar-refractivity contribution in [3.8, 4) is 22.9 Å². The number of benzene rings is 1. The molecular formula is C17H21N3O3. The third-order valence-electron chi connectivity index (χ3n) is 4.09. The van der Waals surface area contributed by atoms with E-state index in [1.807, 2.05) is 12.1 Å². The molecule has 0 bridgehead atoms. The molecule has 1 aromatic carbocycles. The number of amides is 1. The topological polar surface area (TPSA) is 90.2 Å². The summed E-state index contributed by atoms with van der Waals surface area (Å²) < 4.78 is 11.1. The van der Waals surface area contributed by atoms with Gasteiger partial charge in [0.25, 0.3) is 0 Å². The number of unbranched alkanes of at least 4 members (excludes halogenated alkanes) is 2. The second-order valence-corrected chi connectivity index (χ2v) is 5.69. The molecule has 1 unspecified atom stereocenters. The van der Waals surface area contributed by atoms with E-state index in [4.69, 9.17) is 15.2 Å². The maximum absolute atomic E-state index is 12.0. The Bertz CT molecular complexity index is 683. The highest BCUT2D eigenvalue weighted by Gasteiger charge is 2.28. The lowest BCUT2D eigenvalue weighted by atomic mass is 9.90. The molecule has 3 N–H and O–H groups in total. The maximum Gasteiger partial charge on any atom is 0.231 e. The van der Waals surface area contributed by atoms with E-state index in [-0.39, 0.29) is 18.6 Å². The zero-order chi connectivity index (χ0) is 16.2. The summed E-state index contributed by atoms with van der Waals surface area (Å²) in [6.07, 6.45) is 7.26. The summed E-state index contributed by atoms with van der Waals surface area (Å²) in [4.78, 5) is 19.3. The standard InChI is InChI=1S/C17H21N3O3/c1-2-3-4-5-12(16(18)21)13-8-11(17-19-6-7-20-17)9-14-15(13)23-10-22-14/h6-9,12H,2-5,10H2,1H3,(H2,18,21)(H,19,20). The van der Waals surface area contributed by atoms with Crippen LogP contribution in [0.4, 0.5) is 0 Å². The summed E-state index contributed by atoms with van der Waals surface area (Å²) in [6.45, 7) is 2.29. The van der Waals surface area contributed by atoms with Crippen molar-refractivity contribution in [1.29, 1.82) is 0 Å². The van der Waals surface area contributed by atoms with Crippen molar-refractivity contribution >= 4 is 5.91 Å². The van der Waals surface area contributed by atoms with Crippen LogP contribution in [0.15, 0.2) is 24.5 Å². The van der Waals surface area contributed by atoms with E-state index in [2.05, 4.69) is 16.9 Å². The van der Waals surface area contributed by atoms with Crippen LogP contribution in [-0.2, 0) is 4.79 Å². The summed E-state index contributed by atoms with van der Waals surface area (Å²) in [6, 6.07) is 3.79. The Hall–Kier alpha value is -2.50. The van der Waals surface area contributed by atoms with Gasteiger partial charge in [-0.05, 0) is 18.6 Å². The van der Waals surface area contributed by atoms with Gasteiger partial charge in [-0.15, -0.1) is 0 Å². The number of carbonyl (C=O) groups excluding carboxylic acids is 1. The molecule has 1 atom stereocenters. The molecule has 1 aliphatic rings. The molecule has 1 aromatic heterocycles. The molecule has 1 aliphatic heterocycles. The Morgan fingerprint density at radius 3 is 2.96 bits per heavy atom. The average molecular weight is 315 g/mol. The number of hydrogen-bond acceptors (Lipinski definition) is 4. The first-order valence-electron chi connectivity index (χ1n) is 7.93. The van der Waals surface area contributed by atoms with Crippen LogP contribution in [0.1, 0.15) is 44.1 Å². The first-order valence-corrected chi connectivity index (χ1v) is 7.93. The molecule has 3 rings (SSSR count). The molecule has 0 saturated heterocycles. The normalized spacial score (nSPS) is 14.0. The largest absolute Gasteiger partial charge is 0.454 e. The lowest BCUT2D eigenvalue weighted by Crippen LogP contribution is -2.22. The van der Waals surface area contributed by atoms with Crippen molar-refractivity contribution in [1.82, 2.24) is 9.97 Å². The highest BCUT2D eigenvalue weighted by atomic mass is 16.7. The molecule has 0 radical (unpaired) electrons. The van der Waals surface area contributed by atoms with E-state index in [1.165, 1.54) is 0 Å². The summed E-state index contributed by atoms with van der Waals surface area (Å²) in [5.74, 6) is 1.26. The highest BCUT2D eigenvalue weighted by Crippen LogP contribution is 2.43. The molecule has 6 nitrogen and oxygen atoms in total. The number of aromatic amines is 1. The molecule has 23 heavy (non-hydrogen) atoms. The fourth-order valence-corrected chi connectivity index (χ4v) is 2.91. The van der Waals surface area contributed by atoms with Gasteiger partial charge in [0.1, 0.15) is 5.82 Å². The Balaban J connectivity index is 2.00. The minimum Gasteiger partial charge on any atom is -0.454 e. The molecule has 0 saturated carbocycles. The highest BCUT2D eigenvalue weighted by molar-refractivity contribution is 5.84. The SMILES string of the molecule is CCCCCC(C(N)=O)c1cc(-c2ncc[nH]2)cc2c1OCO2. The fraction of sp³-hybridized carbons (Fsp3) is 0.412. The third-order valence-corrected chi connectivity index (χ3v) is 4.09. The van der Waals surface area contributed by atoms with Gasteiger partial charge in [-0.2, -0.15) is 0 Å². The predicted molar refractivity (Wildman–Crippen MR) is 86.2 cm³/mol. The lowest BCUT2D eigenvalue weighted by Gasteiger charge is -2.17. The van der Waals surface area contributed by atoms with Crippen molar-refractivity contribution in [2.24, 2.45) is 5.73 Å². The van der Waals surface area contributed by atoms with Crippen LogP contribution < -0.4 is 15.2 Å². The summed E-state index contributed by atoms with van der Waals surface area (Å²) >= 11 is 0. The van der Waals surface area contributed by atoms with Crippen LogP contribution in [0, 0.1) is 0 Å². The third kappa shape index (κ3) is 3.16. The molecule has 0 fully saturated rings. The minimum absolute atomic E-state index is 0.157. The van der Waals surface area contributed by atoms with E-state index in [0.717, 1.165) is 36.2 Å². The first-order chi connectivity index (χ1) is 11.2. The van der Waals surface area contributed by atoms with Gasteiger partial charge >= 0.3 is 0 Å². The van der Waals surface area contributed by atoms with Crippen molar-refractivity contribution in [2.45, 2.75) is 38.5 Å². The number of aromatic nitrogens is 2. The van der Waals surface area contributed by atoms with Gasteiger partial charge in [0.2, 0.25) is 12.7 Å². The van der Waals surface area contributed by atoms with Gasteiger partial charge in [0, 0.05) is 23.5 Å². The molecule has 1 amide bonds. The van der Waals surface area contributed by atoms with Crippen molar-refractivity contribution in [3.05, 3.63) is 30.1 Å². The minimum atomic E-state index is -0.382. The number of nitrogens with two attached hydrogens (primary N) is 1. The van der Waals surface area contributed by atoms with Gasteiger partial charge < -0.3 is 20.2 Å². The number of imidazole rings is 1. The van der Waals surface area contributed by atoms with Gasteiger partial charge in [-0.25, -0.2) is 4.98 Å². The second kappa shape index (κ2) is 6.73. The quantitative estimate of drug-likeness (QED) is 0.769. The van der Waals surface area contributed by atoms with E-state index in [9.17, 15) is 4.79 Å². The average Bonchev–Trinajstić information content (AvgIpc) is 3.20. The van der Waals surface area contributed by atoms with Crippen LogP contribution in [0.2, 0.25) is 0 Å². The van der Waals surface area contributed by atoms with E-state index >= 15 is 0 Å². The van der Waals surface area contributed by atoms with Gasteiger partial charge in [-0.3, -0.25) is 4.79 Å². The number of hydrogen-bond donors (Lipinski definition) is 2. The first kappa shape index (κ1) is 15.4. The number of nitrogens with zero attached hydrogens (tertiary/aromatic N) is 1. The number of ether oxygens (including phenoxy) is 2. The summed E-state index contributed by atoms with van der Waals surface area (Å²) in [7, 11) is 0. The van der Waals surface area contributed by atoms with Crippen LogP contribution in [0.5, 0.6) is 11.5 Å². The number of H-pyrrole nitrogens is 1. The number of fused-ring (bicyclic) bond motifs is 1.